The number of halogens is 2. The number of aryl methyl sites for hydroxylation is 1. The van der Waals surface area contributed by atoms with Gasteiger partial charge in [-0.05, 0) is 44.1 Å². The monoisotopic (exact) mass is 289 g/mol. The van der Waals surface area contributed by atoms with E-state index in [4.69, 9.17) is 0 Å². The van der Waals surface area contributed by atoms with Gasteiger partial charge in [0.15, 0.2) is 17.4 Å². The molecule has 0 fully saturated rings. The lowest BCUT2D eigenvalue weighted by molar-refractivity contribution is 0.103. The largest absolute Gasteiger partial charge is 0.319 e. The predicted molar refractivity (Wildman–Crippen MR) is 78.6 cm³/mol. The molecule has 1 N–H and O–H groups in total. The Balaban J connectivity index is 2.43. The lowest BCUT2D eigenvalue weighted by atomic mass is 9.95. The van der Waals surface area contributed by atoms with E-state index in [1.165, 1.54) is 19.1 Å². The number of nitrogens with one attached hydrogen (secondary N) is 1. The molecule has 2 nitrogen and oxygen atoms in total. The molecule has 0 saturated carbocycles. The van der Waals surface area contributed by atoms with Gasteiger partial charge >= 0.3 is 0 Å². The van der Waals surface area contributed by atoms with Crippen molar-refractivity contribution in [3.63, 3.8) is 0 Å². The Bertz CT molecular complexity index is 668. The van der Waals surface area contributed by atoms with Crippen LogP contribution >= 0.6 is 0 Å². The zero-order chi connectivity index (χ0) is 15.4. The zero-order valence-electron chi connectivity index (χ0n) is 12.0. The van der Waals surface area contributed by atoms with E-state index in [0.717, 1.165) is 5.56 Å². The highest BCUT2D eigenvalue weighted by molar-refractivity contribution is 6.10. The molecule has 110 valence electrons. The number of ketones is 1. The van der Waals surface area contributed by atoms with Gasteiger partial charge in [0.2, 0.25) is 0 Å². The Morgan fingerprint density at radius 2 is 1.76 bits per heavy atom. The summed E-state index contributed by atoms with van der Waals surface area (Å²) in [6.07, 6.45) is 0.647. The summed E-state index contributed by atoms with van der Waals surface area (Å²) in [6.45, 7) is 2.17. The molecule has 0 aliphatic carbocycles. The molecule has 2 aromatic rings. The second-order valence-electron chi connectivity index (χ2n) is 4.90. The normalized spacial score (nSPS) is 10.7. The van der Waals surface area contributed by atoms with Crippen LogP contribution in [0.15, 0.2) is 36.4 Å². The molecular weight excluding hydrogens is 272 g/mol. The first-order chi connectivity index (χ1) is 10.1. The van der Waals surface area contributed by atoms with E-state index in [1.807, 2.05) is 19.2 Å². The number of hydrogen-bond acceptors (Lipinski definition) is 2. The van der Waals surface area contributed by atoms with Crippen molar-refractivity contribution in [3.8, 4) is 0 Å². The van der Waals surface area contributed by atoms with E-state index < -0.39 is 17.4 Å². The van der Waals surface area contributed by atoms with Gasteiger partial charge in [0.1, 0.15) is 0 Å². The highest BCUT2D eigenvalue weighted by Crippen LogP contribution is 2.21. The van der Waals surface area contributed by atoms with Crippen molar-refractivity contribution in [3.05, 3.63) is 70.3 Å². The fraction of sp³-hybridized carbons (Fsp3) is 0.235. The smallest absolute Gasteiger partial charge is 0.196 e. The first-order valence-corrected chi connectivity index (χ1v) is 6.78. The van der Waals surface area contributed by atoms with E-state index in [9.17, 15) is 13.6 Å². The third kappa shape index (κ3) is 3.16. The molecule has 0 bridgehead atoms. The van der Waals surface area contributed by atoms with Crippen LogP contribution in [0.5, 0.6) is 0 Å². The minimum Gasteiger partial charge on any atom is -0.319 e. The second-order valence-corrected chi connectivity index (χ2v) is 4.90. The van der Waals surface area contributed by atoms with Crippen molar-refractivity contribution >= 4 is 5.78 Å². The van der Waals surface area contributed by atoms with Crippen molar-refractivity contribution in [2.45, 2.75) is 13.3 Å². The van der Waals surface area contributed by atoms with Gasteiger partial charge in [-0.15, -0.1) is 0 Å². The van der Waals surface area contributed by atoms with Crippen molar-refractivity contribution < 1.29 is 13.6 Å². The maximum absolute atomic E-state index is 14.0. The number of carbonyl (C=O) groups excluding carboxylic acids is 1. The quantitative estimate of drug-likeness (QED) is 0.856. The van der Waals surface area contributed by atoms with E-state index in [-0.39, 0.29) is 11.1 Å². The van der Waals surface area contributed by atoms with Crippen LogP contribution in [0.1, 0.15) is 27.0 Å². The van der Waals surface area contributed by atoms with Crippen molar-refractivity contribution in [2.24, 2.45) is 0 Å². The van der Waals surface area contributed by atoms with Crippen LogP contribution in [-0.2, 0) is 6.42 Å². The summed E-state index contributed by atoms with van der Waals surface area (Å²) in [4.78, 5) is 12.5. The van der Waals surface area contributed by atoms with Crippen LogP contribution in [-0.4, -0.2) is 19.4 Å². The molecular formula is C17H17F2NO. The highest BCUT2D eigenvalue weighted by atomic mass is 19.2. The Labute approximate surface area is 122 Å². The SMILES string of the molecule is CNCCc1ccccc1C(=O)c1ccc(C)c(F)c1F. The van der Waals surface area contributed by atoms with Gasteiger partial charge in [-0.2, -0.15) is 0 Å². The van der Waals surface area contributed by atoms with Gasteiger partial charge in [0.25, 0.3) is 0 Å². The molecule has 0 atom stereocenters. The molecule has 0 amide bonds. The van der Waals surface area contributed by atoms with Crippen molar-refractivity contribution in [1.29, 1.82) is 0 Å². The first kappa shape index (κ1) is 15.3. The maximum atomic E-state index is 14.0. The Morgan fingerprint density at radius 1 is 1.05 bits per heavy atom. The Hall–Kier alpha value is -2.07. The molecule has 0 aliphatic rings. The van der Waals surface area contributed by atoms with Crippen LogP contribution in [0.2, 0.25) is 0 Å². The van der Waals surface area contributed by atoms with Crippen LogP contribution in [0.3, 0.4) is 0 Å². The third-order valence-electron chi connectivity index (χ3n) is 3.43. The molecule has 0 aromatic heterocycles. The molecule has 0 spiro atoms. The summed E-state index contributed by atoms with van der Waals surface area (Å²) in [5.41, 5.74) is 1.19. The summed E-state index contributed by atoms with van der Waals surface area (Å²) >= 11 is 0. The van der Waals surface area contributed by atoms with Gasteiger partial charge in [0.05, 0.1) is 5.56 Å². The lowest BCUT2D eigenvalue weighted by Gasteiger charge is -2.10. The van der Waals surface area contributed by atoms with E-state index in [0.29, 0.717) is 18.5 Å². The third-order valence-corrected chi connectivity index (χ3v) is 3.43. The van der Waals surface area contributed by atoms with Gasteiger partial charge < -0.3 is 5.32 Å². The lowest BCUT2D eigenvalue weighted by Crippen LogP contribution is -2.14. The Kier molecular flexibility index (Phi) is 4.81. The fourth-order valence-corrected chi connectivity index (χ4v) is 2.19. The number of carbonyl (C=O) groups is 1. The molecule has 0 aliphatic heterocycles. The Morgan fingerprint density at radius 3 is 2.48 bits per heavy atom. The van der Waals surface area contributed by atoms with E-state index in [1.54, 1.807) is 12.1 Å². The molecule has 0 unspecified atom stereocenters. The van der Waals surface area contributed by atoms with E-state index in [2.05, 4.69) is 5.32 Å². The first-order valence-electron chi connectivity index (χ1n) is 6.78. The summed E-state index contributed by atoms with van der Waals surface area (Å²) in [5.74, 6) is -2.53. The standard InChI is InChI=1S/C17H17F2NO/c1-11-7-8-14(16(19)15(11)18)17(21)13-6-4-3-5-12(13)9-10-20-2/h3-8,20H,9-10H2,1-2H3. The topological polar surface area (TPSA) is 29.1 Å². The highest BCUT2D eigenvalue weighted by Gasteiger charge is 2.20. The van der Waals surface area contributed by atoms with Crippen LogP contribution in [0, 0.1) is 18.6 Å². The zero-order valence-corrected chi connectivity index (χ0v) is 12.0. The summed E-state index contributed by atoms with van der Waals surface area (Å²) in [5, 5.41) is 3.00. The van der Waals surface area contributed by atoms with Crippen LogP contribution in [0.25, 0.3) is 0 Å². The molecule has 0 heterocycles. The average Bonchev–Trinajstić information content (AvgIpc) is 2.50. The summed E-state index contributed by atoms with van der Waals surface area (Å²) in [6, 6.07) is 9.77. The molecule has 0 saturated heterocycles. The number of rotatable bonds is 5. The van der Waals surface area contributed by atoms with Gasteiger partial charge in [-0.3, -0.25) is 4.79 Å². The predicted octanol–water partition coefficient (Wildman–Crippen LogP) is 3.27. The molecule has 4 heteroatoms. The number of benzene rings is 2. The second kappa shape index (κ2) is 6.59. The van der Waals surface area contributed by atoms with Gasteiger partial charge in [-0.1, -0.05) is 30.3 Å². The van der Waals surface area contributed by atoms with Crippen LogP contribution < -0.4 is 5.32 Å². The minimum atomic E-state index is -1.08. The number of hydrogen-bond donors (Lipinski definition) is 1. The summed E-state index contributed by atoms with van der Waals surface area (Å²) < 4.78 is 27.6. The van der Waals surface area contributed by atoms with Gasteiger partial charge in [-0.25, -0.2) is 8.78 Å². The molecule has 2 aromatic carbocycles. The average molecular weight is 289 g/mol. The molecule has 2 rings (SSSR count). The van der Waals surface area contributed by atoms with E-state index >= 15 is 0 Å². The van der Waals surface area contributed by atoms with Crippen LogP contribution in [0.4, 0.5) is 8.78 Å². The minimum absolute atomic E-state index is 0.188. The van der Waals surface area contributed by atoms with Crippen molar-refractivity contribution in [1.82, 2.24) is 5.32 Å². The van der Waals surface area contributed by atoms with Gasteiger partial charge in [0, 0.05) is 5.56 Å². The fourth-order valence-electron chi connectivity index (χ4n) is 2.19. The maximum Gasteiger partial charge on any atom is 0.196 e. The number of likely N-dealkylation sites (N-methyl/N-ethyl adjacent to an activating group) is 1. The molecule has 0 radical (unpaired) electrons. The molecule has 21 heavy (non-hydrogen) atoms. The summed E-state index contributed by atoms with van der Waals surface area (Å²) in [7, 11) is 1.82. The van der Waals surface area contributed by atoms with Crippen molar-refractivity contribution in [2.75, 3.05) is 13.6 Å².